The lowest BCUT2D eigenvalue weighted by molar-refractivity contribution is -0.145. The highest BCUT2D eigenvalue weighted by molar-refractivity contribution is 5.94. The molecule has 0 unspecified atom stereocenters. The predicted molar refractivity (Wildman–Crippen MR) is 83.4 cm³/mol. The number of nitrogens with one attached hydrogen (secondary N) is 1. The molecule has 2 aliphatic carbocycles. The Hall–Kier alpha value is -2.11. The number of hydrogen-bond acceptors (Lipinski definition) is 4. The molecule has 0 saturated heterocycles. The Morgan fingerprint density at radius 1 is 1.22 bits per heavy atom. The van der Waals surface area contributed by atoms with Crippen LogP contribution in [0.3, 0.4) is 0 Å². The zero-order valence-electron chi connectivity index (χ0n) is 13.0. The van der Waals surface area contributed by atoms with E-state index < -0.39 is 5.97 Å². The summed E-state index contributed by atoms with van der Waals surface area (Å²) in [7, 11) is 0. The molecule has 1 aromatic heterocycles. The van der Waals surface area contributed by atoms with E-state index in [1.54, 1.807) is 18.3 Å². The molecule has 23 heavy (non-hydrogen) atoms. The van der Waals surface area contributed by atoms with Crippen LogP contribution in [-0.2, 0) is 4.79 Å². The summed E-state index contributed by atoms with van der Waals surface area (Å²) in [5.41, 5.74) is 0.504. The first kappa shape index (κ1) is 15.8. The smallest absolute Gasteiger partial charge is 0.306 e. The average Bonchev–Trinajstić information content (AvgIpc) is 2.51. The first-order chi connectivity index (χ1) is 11.1. The van der Waals surface area contributed by atoms with Crippen molar-refractivity contribution in [2.75, 3.05) is 0 Å². The molecule has 2 N–H and O–H groups in total. The van der Waals surface area contributed by atoms with Gasteiger partial charge in [-0.25, -0.2) is 4.98 Å². The summed E-state index contributed by atoms with van der Waals surface area (Å²) in [5, 5.41) is 11.7. The molecule has 2 aliphatic rings. The molecule has 0 aliphatic heterocycles. The summed E-state index contributed by atoms with van der Waals surface area (Å²) in [6.45, 7) is 0. The number of rotatable bonds is 5. The number of carbonyl (C=O) groups is 2. The first-order valence-electron chi connectivity index (χ1n) is 8.28. The van der Waals surface area contributed by atoms with Gasteiger partial charge in [0.15, 0.2) is 0 Å². The normalized spacial score (nSPS) is 24.5. The SMILES string of the molecule is O=C(NC1CC(C(=O)O)C1)c1ccnc(OC2CCCCC2)c1. The lowest BCUT2D eigenvalue weighted by Crippen LogP contribution is -2.46. The molecule has 0 atom stereocenters. The number of carboxylic acids is 1. The molecule has 6 heteroatoms. The zero-order valence-corrected chi connectivity index (χ0v) is 13.0. The van der Waals surface area contributed by atoms with E-state index in [9.17, 15) is 9.59 Å². The summed E-state index contributed by atoms with van der Waals surface area (Å²) < 4.78 is 5.87. The van der Waals surface area contributed by atoms with E-state index in [0.717, 1.165) is 12.8 Å². The van der Waals surface area contributed by atoms with Crippen molar-refractivity contribution in [3.63, 3.8) is 0 Å². The summed E-state index contributed by atoms with van der Waals surface area (Å²) in [6, 6.07) is 3.26. The highest BCUT2D eigenvalue weighted by atomic mass is 16.5. The van der Waals surface area contributed by atoms with Crippen LogP contribution < -0.4 is 10.1 Å². The Balaban J connectivity index is 1.54. The summed E-state index contributed by atoms with van der Waals surface area (Å²) in [5.74, 6) is -0.832. The van der Waals surface area contributed by atoms with Crippen LogP contribution >= 0.6 is 0 Å². The quantitative estimate of drug-likeness (QED) is 0.870. The summed E-state index contributed by atoms with van der Waals surface area (Å²) in [4.78, 5) is 27.2. The Labute approximate surface area is 135 Å². The molecule has 1 aromatic rings. The average molecular weight is 318 g/mol. The second-order valence-electron chi connectivity index (χ2n) is 6.44. The van der Waals surface area contributed by atoms with Crippen LogP contribution in [0.4, 0.5) is 0 Å². The minimum absolute atomic E-state index is 0.0560. The van der Waals surface area contributed by atoms with Gasteiger partial charge in [-0.05, 0) is 44.6 Å². The Morgan fingerprint density at radius 3 is 2.65 bits per heavy atom. The Kier molecular flexibility index (Phi) is 4.79. The van der Waals surface area contributed by atoms with E-state index in [0.29, 0.717) is 24.3 Å². The number of carbonyl (C=O) groups excluding carboxylic acids is 1. The maximum absolute atomic E-state index is 12.2. The summed E-state index contributed by atoms with van der Waals surface area (Å²) in [6.07, 6.45) is 8.46. The van der Waals surface area contributed by atoms with Crippen molar-refractivity contribution < 1.29 is 19.4 Å². The topological polar surface area (TPSA) is 88.5 Å². The van der Waals surface area contributed by atoms with E-state index in [4.69, 9.17) is 9.84 Å². The fourth-order valence-electron chi connectivity index (χ4n) is 3.17. The van der Waals surface area contributed by atoms with Crippen molar-refractivity contribution in [2.24, 2.45) is 5.92 Å². The molecule has 3 rings (SSSR count). The molecule has 1 heterocycles. The van der Waals surface area contributed by atoms with Crippen molar-refractivity contribution in [3.05, 3.63) is 23.9 Å². The van der Waals surface area contributed by atoms with Gasteiger partial charge in [0.2, 0.25) is 5.88 Å². The molecule has 6 nitrogen and oxygen atoms in total. The van der Waals surface area contributed by atoms with E-state index in [1.165, 1.54) is 19.3 Å². The molecular formula is C17H22N2O4. The fraction of sp³-hybridized carbons (Fsp3) is 0.588. The van der Waals surface area contributed by atoms with E-state index in [1.807, 2.05) is 0 Å². The van der Waals surface area contributed by atoms with Crippen molar-refractivity contribution in [1.29, 1.82) is 0 Å². The first-order valence-corrected chi connectivity index (χ1v) is 8.28. The monoisotopic (exact) mass is 318 g/mol. The standard InChI is InChI=1S/C17H22N2O4/c20-16(19-13-8-12(9-13)17(21)22)11-6-7-18-15(10-11)23-14-4-2-1-3-5-14/h6-7,10,12-14H,1-5,8-9H2,(H,19,20)(H,21,22). The Bertz CT molecular complexity index is 578. The minimum Gasteiger partial charge on any atom is -0.481 e. The second-order valence-corrected chi connectivity index (χ2v) is 6.44. The lowest BCUT2D eigenvalue weighted by Gasteiger charge is -2.32. The van der Waals surface area contributed by atoms with Crippen LogP contribution in [0.1, 0.15) is 55.3 Å². The third-order valence-corrected chi connectivity index (χ3v) is 4.66. The van der Waals surface area contributed by atoms with Gasteiger partial charge in [-0.15, -0.1) is 0 Å². The number of aromatic nitrogens is 1. The fourth-order valence-corrected chi connectivity index (χ4v) is 3.17. The largest absolute Gasteiger partial charge is 0.481 e. The zero-order chi connectivity index (χ0) is 16.2. The van der Waals surface area contributed by atoms with Crippen molar-refractivity contribution in [2.45, 2.75) is 57.1 Å². The third-order valence-electron chi connectivity index (χ3n) is 4.66. The van der Waals surface area contributed by atoms with Crippen LogP contribution in [0.5, 0.6) is 5.88 Å². The van der Waals surface area contributed by atoms with Gasteiger partial charge in [-0.1, -0.05) is 6.42 Å². The highest BCUT2D eigenvalue weighted by Crippen LogP contribution is 2.28. The minimum atomic E-state index is -0.789. The molecule has 0 aromatic carbocycles. The van der Waals surface area contributed by atoms with Gasteiger partial charge < -0.3 is 15.2 Å². The number of ether oxygens (including phenoxy) is 1. The molecule has 2 saturated carbocycles. The van der Waals surface area contributed by atoms with Gasteiger partial charge in [0.05, 0.1) is 5.92 Å². The lowest BCUT2D eigenvalue weighted by atomic mass is 9.80. The molecule has 2 fully saturated rings. The third kappa shape index (κ3) is 4.00. The van der Waals surface area contributed by atoms with Gasteiger partial charge >= 0.3 is 5.97 Å². The second kappa shape index (κ2) is 6.98. The van der Waals surface area contributed by atoms with Crippen LogP contribution in [0.15, 0.2) is 18.3 Å². The number of hydrogen-bond donors (Lipinski definition) is 2. The van der Waals surface area contributed by atoms with Crippen molar-refractivity contribution in [3.8, 4) is 5.88 Å². The molecule has 1 amide bonds. The van der Waals surface area contributed by atoms with Crippen LogP contribution in [0.25, 0.3) is 0 Å². The summed E-state index contributed by atoms with van der Waals surface area (Å²) >= 11 is 0. The molecule has 0 spiro atoms. The van der Waals surface area contributed by atoms with E-state index >= 15 is 0 Å². The highest BCUT2D eigenvalue weighted by Gasteiger charge is 2.35. The predicted octanol–water partition coefficient (Wildman–Crippen LogP) is 2.39. The number of pyridine rings is 1. The van der Waals surface area contributed by atoms with Gasteiger partial charge in [-0.2, -0.15) is 0 Å². The van der Waals surface area contributed by atoms with Gasteiger partial charge in [0.1, 0.15) is 6.10 Å². The molecular weight excluding hydrogens is 296 g/mol. The van der Waals surface area contributed by atoms with Gasteiger partial charge in [0.25, 0.3) is 5.91 Å². The molecule has 0 bridgehead atoms. The number of amides is 1. The van der Waals surface area contributed by atoms with Gasteiger partial charge in [-0.3, -0.25) is 9.59 Å². The van der Waals surface area contributed by atoms with Crippen molar-refractivity contribution >= 4 is 11.9 Å². The van der Waals surface area contributed by atoms with Crippen LogP contribution in [0.2, 0.25) is 0 Å². The maximum Gasteiger partial charge on any atom is 0.306 e. The molecule has 124 valence electrons. The number of aliphatic carboxylic acids is 1. The number of nitrogens with zero attached hydrogens (tertiary/aromatic N) is 1. The van der Waals surface area contributed by atoms with Crippen LogP contribution in [0, 0.1) is 5.92 Å². The van der Waals surface area contributed by atoms with E-state index in [2.05, 4.69) is 10.3 Å². The number of carboxylic acid groups (broad SMARTS) is 1. The van der Waals surface area contributed by atoms with Gasteiger partial charge in [0, 0.05) is 23.9 Å². The Morgan fingerprint density at radius 2 is 1.96 bits per heavy atom. The van der Waals surface area contributed by atoms with Crippen molar-refractivity contribution in [1.82, 2.24) is 10.3 Å². The van der Waals surface area contributed by atoms with Crippen LogP contribution in [-0.4, -0.2) is 34.1 Å². The molecule has 0 radical (unpaired) electrons. The maximum atomic E-state index is 12.2. The van der Waals surface area contributed by atoms with E-state index in [-0.39, 0.29) is 24.0 Å².